The van der Waals surface area contributed by atoms with Crippen molar-refractivity contribution in [1.82, 2.24) is 0 Å². The maximum absolute atomic E-state index is 13.6. The van der Waals surface area contributed by atoms with Crippen LogP contribution in [-0.2, 0) is 18.8 Å². The molecule has 0 amide bonds. The van der Waals surface area contributed by atoms with Crippen LogP contribution >= 0.6 is 0 Å². The van der Waals surface area contributed by atoms with Gasteiger partial charge in [0.2, 0.25) is 0 Å². The first kappa shape index (κ1) is 21.5. The summed E-state index contributed by atoms with van der Waals surface area (Å²) in [5, 5.41) is -0.0107. The van der Waals surface area contributed by atoms with Crippen LogP contribution in [-0.4, -0.2) is 37.2 Å². The third-order valence-electron chi connectivity index (χ3n) is 6.72. The van der Waals surface area contributed by atoms with Gasteiger partial charge < -0.3 is 9.16 Å². The number of ether oxygens (including phenoxy) is 1. The van der Waals surface area contributed by atoms with Gasteiger partial charge in [0, 0.05) is 12.8 Å². The fraction of sp³-hybridized carbons (Fsp3) is 0.810. The van der Waals surface area contributed by atoms with Crippen molar-refractivity contribution in [2.45, 2.75) is 96.7 Å². The Hall–Kier alpha value is -0.783. The van der Waals surface area contributed by atoms with Crippen LogP contribution in [0.3, 0.4) is 0 Å². The van der Waals surface area contributed by atoms with Gasteiger partial charge in [0.15, 0.2) is 14.1 Å². The maximum Gasteiger partial charge on any atom is 0.193 e. The van der Waals surface area contributed by atoms with E-state index in [0.29, 0.717) is 6.42 Å². The summed E-state index contributed by atoms with van der Waals surface area (Å²) >= 11 is 0. The van der Waals surface area contributed by atoms with Crippen molar-refractivity contribution >= 4 is 19.9 Å². The van der Waals surface area contributed by atoms with E-state index in [2.05, 4.69) is 47.7 Å². The molecule has 0 N–H and O–H groups in total. The fourth-order valence-corrected chi connectivity index (χ4v) is 4.91. The Bertz CT molecular complexity index is 616. The molecule has 2 bridgehead atoms. The summed E-state index contributed by atoms with van der Waals surface area (Å²) in [5.74, 6) is -0.252. The molecule has 0 aromatic heterocycles. The molecule has 0 aromatic carbocycles. The van der Waals surface area contributed by atoms with E-state index in [1.54, 1.807) is 0 Å². The summed E-state index contributed by atoms with van der Waals surface area (Å²) in [6.07, 6.45) is 4.04. The summed E-state index contributed by atoms with van der Waals surface area (Å²) in [5.41, 5.74) is -1.47. The van der Waals surface area contributed by atoms with Crippen LogP contribution in [0.1, 0.15) is 61.3 Å². The first-order chi connectivity index (χ1) is 11.7. The zero-order valence-electron chi connectivity index (χ0n) is 17.9. The standard InChI is InChI=1S/C21H36O4Si/c1-10-15(22)13-16-17(23)18(24-26(8,9)19(4,5)6)21(14(2)3)12-11-20(16,7)25-21/h11-12,14,16,18H,10,13H2,1-9H3/t16-,18-,20-,21-/m1/s1. The molecule has 0 aromatic rings. The van der Waals surface area contributed by atoms with Crippen LogP contribution in [0.15, 0.2) is 12.2 Å². The molecule has 1 fully saturated rings. The van der Waals surface area contributed by atoms with E-state index in [0.717, 1.165) is 0 Å². The van der Waals surface area contributed by atoms with E-state index in [1.807, 2.05) is 26.0 Å². The van der Waals surface area contributed by atoms with E-state index < -0.39 is 31.5 Å². The highest BCUT2D eigenvalue weighted by molar-refractivity contribution is 6.74. The van der Waals surface area contributed by atoms with Crippen LogP contribution < -0.4 is 0 Å². The molecule has 2 aliphatic rings. The van der Waals surface area contributed by atoms with Gasteiger partial charge in [-0.05, 0) is 31.0 Å². The van der Waals surface area contributed by atoms with Crippen molar-refractivity contribution in [2.24, 2.45) is 11.8 Å². The minimum absolute atomic E-state index is 0.0107. The second-order valence-electron chi connectivity index (χ2n) is 9.94. The molecular formula is C21H36O4Si. The Kier molecular flexibility index (Phi) is 5.53. The molecule has 2 heterocycles. The van der Waals surface area contributed by atoms with Crippen molar-refractivity contribution in [1.29, 1.82) is 0 Å². The number of Topliss-reactive ketones (excluding diaryl/α,β-unsaturated/α-hetero) is 2. The molecule has 0 spiro atoms. The van der Waals surface area contributed by atoms with Crippen molar-refractivity contribution in [2.75, 3.05) is 0 Å². The molecule has 2 rings (SSSR count). The minimum atomic E-state index is -2.19. The number of rotatable bonds is 6. The molecule has 0 radical (unpaired) electrons. The average Bonchev–Trinajstić information content (AvgIpc) is 2.84. The normalized spacial score (nSPS) is 34.6. The SMILES string of the molecule is CCC(=O)C[C@@H]1C(=O)[C@@H](O[Si](C)(C)C(C)(C)C)[C@]2(C(C)C)C=C[C@@]1(C)O2. The lowest BCUT2D eigenvalue weighted by atomic mass is 9.74. The molecule has 4 nitrogen and oxygen atoms in total. The number of hydrogen-bond acceptors (Lipinski definition) is 4. The van der Waals surface area contributed by atoms with Crippen molar-refractivity contribution in [3.8, 4) is 0 Å². The molecule has 1 saturated heterocycles. The summed E-state index contributed by atoms with van der Waals surface area (Å²) in [7, 11) is -2.19. The lowest BCUT2D eigenvalue weighted by Gasteiger charge is -2.52. The number of ketones is 2. The minimum Gasteiger partial charge on any atom is -0.404 e. The summed E-state index contributed by atoms with van der Waals surface area (Å²) in [6, 6.07) is 0. The van der Waals surface area contributed by atoms with Gasteiger partial charge in [-0.15, -0.1) is 0 Å². The molecule has 0 saturated carbocycles. The Balaban J connectivity index is 2.48. The number of carbonyl (C=O) groups is 2. The quantitative estimate of drug-likeness (QED) is 0.496. The molecular weight excluding hydrogens is 344 g/mol. The smallest absolute Gasteiger partial charge is 0.193 e. The van der Waals surface area contributed by atoms with Crippen LogP contribution in [0, 0.1) is 11.8 Å². The third-order valence-corrected chi connectivity index (χ3v) is 11.2. The predicted molar refractivity (Wildman–Crippen MR) is 107 cm³/mol. The highest BCUT2D eigenvalue weighted by Crippen LogP contribution is 2.52. The first-order valence-corrected chi connectivity index (χ1v) is 12.7. The van der Waals surface area contributed by atoms with Crippen molar-refractivity contribution in [3.63, 3.8) is 0 Å². The Morgan fingerprint density at radius 2 is 1.88 bits per heavy atom. The van der Waals surface area contributed by atoms with Gasteiger partial charge in [-0.1, -0.05) is 53.7 Å². The van der Waals surface area contributed by atoms with E-state index in [4.69, 9.17) is 9.16 Å². The second-order valence-corrected chi connectivity index (χ2v) is 14.7. The number of fused-ring (bicyclic) bond motifs is 2. The maximum atomic E-state index is 13.6. The van der Waals surface area contributed by atoms with Gasteiger partial charge >= 0.3 is 0 Å². The number of hydrogen-bond donors (Lipinski definition) is 0. The van der Waals surface area contributed by atoms with Gasteiger partial charge in [0.05, 0.1) is 11.5 Å². The van der Waals surface area contributed by atoms with E-state index >= 15 is 0 Å². The molecule has 4 atom stereocenters. The zero-order valence-corrected chi connectivity index (χ0v) is 18.9. The van der Waals surface area contributed by atoms with Crippen LogP contribution in [0.25, 0.3) is 0 Å². The largest absolute Gasteiger partial charge is 0.404 e. The Labute approximate surface area is 159 Å². The van der Waals surface area contributed by atoms with E-state index in [9.17, 15) is 9.59 Å². The fourth-order valence-electron chi connectivity index (χ4n) is 3.67. The lowest BCUT2D eigenvalue weighted by molar-refractivity contribution is -0.208. The van der Waals surface area contributed by atoms with E-state index in [1.165, 1.54) is 0 Å². The second kappa shape index (κ2) is 6.68. The van der Waals surface area contributed by atoms with E-state index in [-0.39, 0.29) is 28.9 Å². The van der Waals surface area contributed by atoms with Crippen LogP contribution in [0.5, 0.6) is 0 Å². The summed E-state index contributed by atoms with van der Waals surface area (Å²) in [6.45, 7) is 18.7. The molecule has 5 heteroatoms. The van der Waals surface area contributed by atoms with Crippen molar-refractivity contribution < 1.29 is 18.8 Å². The topological polar surface area (TPSA) is 52.6 Å². The molecule has 2 aliphatic heterocycles. The highest BCUT2D eigenvalue weighted by Gasteiger charge is 2.63. The Morgan fingerprint density at radius 1 is 1.31 bits per heavy atom. The molecule has 148 valence electrons. The monoisotopic (exact) mass is 380 g/mol. The summed E-state index contributed by atoms with van der Waals surface area (Å²) in [4.78, 5) is 25.7. The van der Waals surface area contributed by atoms with Gasteiger partial charge in [-0.25, -0.2) is 0 Å². The zero-order chi connectivity index (χ0) is 20.1. The molecule has 0 aliphatic carbocycles. The molecule has 26 heavy (non-hydrogen) atoms. The van der Waals surface area contributed by atoms with Gasteiger partial charge in [-0.3, -0.25) is 9.59 Å². The van der Waals surface area contributed by atoms with Gasteiger partial charge in [-0.2, -0.15) is 0 Å². The summed E-state index contributed by atoms with van der Waals surface area (Å²) < 4.78 is 13.2. The van der Waals surface area contributed by atoms with Crippen LogP contribution in [0.4, 0.5) is 0 Å². The van der Waals surface area contributed by atoms with Crippen molar-refractivity contribution in [3.05, 3.63) is 12.2 Å². The van der Waals surface area contributed by atoms with Gasteiger partial charge in [0.1, 0.15) is 17.5 Å². The lowest BCUT2D eigenvalue weighted by Crippen LogP contribution is -2.65. The molecule has 0 unspecified atom stereocenters. The average molecular weight is 381 g/mol. The first-order valence-electron chi connectivity index (χ1n) is 9.84. The van der Waals surface area contributed by atoms with Gasteiger partial charge in [0.25, 0.3) is 0 Å². The number of carbonyl (C=O) groups excluding carboxylic acids is 2. The van der Waals surface area contributed by atoms with Crippen LogP contribution in [0.2, 0.25) is 18.1 Å². The third kappa shape index (κ3) is 3.38. The highest BCUT2D eigenvalue weighted by atomic mass is 28.4. The predicted octanol–water partition coefficient (Wildman–Crippen LogP) is 4.68. The Morgan fingerprint density at radius 3 is 2.35 bits per heavy atom.